The predicted octanol–water partition coefficient (Wildman–Crippen LogP) is 1.68. The quantitative estimate of drug-likeness (QED) is 0.584. The largest absolute Gasteiger partial charge is 0.340 e. The normalized spacial score (nSPS) is 22.6. The van der Waals surface area contributed by atoms with Crippen LogP contribution in [0.15, 0.2) is 18.2 Å². The van der Waals surface area contributed by atoms with Gasteiger partial charge in [-0.25, -0.2) is 0 Å². The first kappa shape index (κ1) is 19.6. The number of carbonyl (C=O) groups is 2. The topological polar surface area (TPSA) is 105 Å². The maximum Gasteiger partial charge on any atom is 0.270 e. The van der Waals surface area contributed by atoms with Crippen LogP contribution in [0.5, 0.6) is 0 Å². The van der Waals surface area contributed by atoms with E-state index in [0.717, 1.165) is 19.2 Å². The third kappa shape index (κ3) is 4.06. The zero-order valence-electron chi connectivity index (χ0n) is 15.3. The van der Waals surface area contributed by atoms with Crippen LogP contribution in [0.3, 0.4) is 0 Å². The summed E-state index contributed by atoms with van der Waals surface area (Å²) in [4.78, 5) is 37.7. The molecule has 3 atom stereocenters. The molecule has 2 saturated heterocycles. The highest BCUT2D eigenvalue weighted by Crippen LogP contribution is 2.28. The van der Waals surface area contributed by atoms with Gasteiger partial charge in [-0.1, -0.05) is 25.4 Å². The summed E-state index contributed by atoms with van der Waals surface area (Å²) >= 11 is 6.04. The zero-order chi connectivity index (χ0) is 19.7. The van der Waals surface area contributed by atoms with Gasteiger partial charge in [0.25, 0.3) is 11.6 Å². The summed E-state index contributed by atoms with van der Waals surface area (Å²) in [5.41, 5.74) is -0.0755. The predicted molar refractivity (Wildman–Crippen MR) is 101 cm³/mol. The van der Waals surface area contributed by atoms with E-state index in [-0.39, 0.29) is 28.1 Å². The maximum atomic E-state index is 13.0. The number of fused-ring (bicyclic) bond motifs is 1. The van der Waals surface area contributed by atoms with Gasteiger partial charge < -0.3 is 15.5 Å². The molecule has 2 fully saturated rings. The van der Waals surface area contributed by atoms with E-state index >= 15 is 0 Å². The number of halogens is 1. The lowest BCUT2D eigenvalue weighted by Crippen LogP contribution is -2.51. The number of rotatable bonds is 5. The van der Waals surface area contributed by atoms with Crippen LogP contribution in [0.25, 0.3) is 0 Å². The van der Waals surface area contributed by atoms with Gasteiger partial charge in [0.2, 0.25) is 5.91 Å². The van der Waals surface area contributed by atoms with E-state index in [1.807, 2.05) is 18.7 Å². The highest BCUT2D eigenvalue weighted by atomic mass is 35.5. The summed E-state index contributed by atoms with van der Waals surface area (Å²) in [5, 5.41) is 16.9. The molecular weight excluding hydrogens is 372 g/mol. The lowest BCUT2D eigenvalue weighted by molar-refractivity contribution is -0.384. The lowest BCUT2D eigenvalue weighted by atomic mass is 10.0. The summed E-state index contributed by atoms with van der Waals surface area (Å²) in [6, 6.07) is 3.00. The van der Waals surface area contributed by atoms with E-state index in [4.69, 9.17) is 11.6 Å². The second kappa shape index (κ2) is 7.82. The van der Waals surface area contributed by atoms with Crippen molar-refractivity contribution < 1.29 is 14.5 Å². The number of hydrogen-bond donors (Lipinski definition) is 2. The monoisotopic (exact) mass is 394 g/mol. The molecule has 2 aliphatic rings. The second-order valence-electron chi connectivity index (χ2n) is 7.54. The van der Waals surface area contributed by atoms with E-state index in [1.165, 1.54) is 12.1 Å². The number of nitro groups is 1. The first-order valence-corrected chi connectivity index (χ1v) is 9.40. The fourth-order valence-electron chi connectivity index (χ4n) is 3.77. The van der Waals surface area contributed by atoms with Gasteiger partial charge in [-0.3, -0.25) is 19.7 Å². The van der Waals surface area contributed by atoms with Gasteiger partial charge in [0.1, 0.15) is 6.04 Å². The minimum Gasteiger partial charge on any atom is -0.340 e. The Morgan fingerprint density at radius 1 is 1.30 bits per heavy atom. The van der Waals surface area contributed by atoms with Gasteiger partial charge in [-0.2, -0.15) is 0 Å². The highest BCUT2D eigenvalue weighted by Gasteiger charge is 2.40. The number of non-ortho nitro benzene ring substituents is 1. The Morgan fingerprint density at radius 2 is 1.93 bits per heavy atom. The Kier molecular flexibility index (Phi) is 5.67. The molecule has 1 aromatic carbocycles. The molecule has 2 aliphatic heterocycles. The fourth-order valence-corrected chi connectivity index (χ4v) is 4.03. The maximum absolute atomic E-state index is 13.0. The van der Waals surface area contributed by atoms with Gasteiger partial charge in [0.05, 0.1) is 15.5 Å². The van der Waals surface area contributed by atoms with Crippen molar-refractivity contribution in [3.8, 4) is 0 Å². The third-order valence-corrected chi connectivity index (χ3v) is 5.64. The van der Waals surface area contributed by atoms with Crippen molar-refractivity contribution in [2.24, 2.45) is 17.8 Å². The number of nitrogens with zero attached hydrogens (tertiary/aromatic N) is 2. The van der Waals surface area contributed by atoms with Crippen LogP contribution in [0.1, 0.15) is 24.2 Å². The van der Waals surface area contributed by atoms with Crippen molar-refractivity contribution in [2.75, 3.05) is 26.2 Å². The van der Waals surface area contributed by atoms with Crippen molar-refractivity contribution in [1.29, 1.82) is 0 Å². The van der Waals surface area contributed by atoms with Crippen molar-refractivity contribution in [2.45, 2.75) is 19.9 Å². The molecule has 1 unspecified atom stereocenters. The molecular formula is C18H23ClN4O4. The number of likely N-dealkylation sites (tertiary alicyclic amines) is 1. The smallest absolute Gasteiger partial charge is 0.270 e. The SMILES string of the molecule is CC(C)C(NC(=O)c1ccc([N+](=O)[O-])cc1Cl)C(=O)N1C[C@H]2CNC[C@H]2C1. The Bertz CT molecular complexity index is 758. The van der Waals surface area contributed by atoms with Crippen molar-refractivity contribution >= 4 is 29.1 Å². The Labute approximate surface area is 162 Å². The molecule has 0 bridgehead atoms. The zero-order valence-corrected chi connectivity index (χ0v) is 16.0. The van der Waals surface area contributed by atoms with Crippen molar-refractivity contribution in [3.05, 3.63) is 38.9 Å². The molecule has 2 N–H and O–H groups in total. The minimum absolute atomic E-state index is 0.0153. The first-order valence-electron chi connectivity index (χ1n) is 9.02. The van der Waals surface area contributed by atoms with Crippen LogP contribution in [0, 0.1) is 27.9 Å². The van der Waals surface area contributed by atoms with E-state index in [2.05, 4.69) is 10.6 Å². The van der Waals surface area contributed by atoms with Gasteiger partial charge >= 0.3 is 0 Å². The van der Waals surface area contributed by atoms with Gasteiger partial charge in [0.15, 0.2) is 0 Å². The molecule has 2 heterocycles. The van der Waals surface area contributed by atoms with Crippen LogP contribution in [-0.4, -0.2) is 53.9 Å². The fraction of sp³-hybridized carbons (Fsp3) is 0.556. The van der Waals surface area contributed by atoms with Crippen LogP contribution in [0.2, 0.25) is 5.02 Å². The summed E-state index contributed by atoms with van der Waals surface area (Å²) in [6.45, 7) is 7.00. The van der Waals surface area contributed by atoms with E-state index in [0.29, 0.717) is 24.9 Å². The molecule has 0 radical (unpaired) electrons. The van der Waals surface area contributed by atoms with Crippen molar-refractivity contribution in [3.63, 3.8) is 0 Å². The molecule has 3 rings (SSSR count). The molecule has 9 heteroatoms. The van der Waals surface area contributed by atoms with Crippen LogP contribution in [0.4, 0.5) is 5.69 Å². The molecule has 0 aromatic heterocycles. The number of nitrogens with one attached hydrogen (secondary N) is 2. The van der Waals surface area contributed by atoms with Crippen LogP contribution in [-0.2, 0) is 4.79 Å². The summed E-state index contributed by atoms with van der Waals surface area (Å²) < 4.78 is 0. The Morgan fingerprint density at radius 3 is 2.44 bits per heavy atom. The van der Waals surface area contributed by atoms with Crippen LogP contribution < -0.4 is 10.6 Å². The number of nitro benzene ring substituents is 1. The average Bonchev–Trinajstić information content (AvgIpc) is 3.20. The first-order chi connectivity index (χ1) is 12.8. The Balaban J connectivity index is 1.71. The average molecular weight is 395 g/mol. The number of benzene rings is 1. The number of hydrogen-bond acceptors (Lipinski definition) is 5. The standard InChI is InChI=1S/C18H23ClN4O4/c1-10(2)16(18(25)22-8-11-6-20-7-12(11)9-22)21-17(24)14-4-3-13(23(26)27)5-15(14)19/h3-5,10-12,16,20H,6-9H2,1-2H3,(H,21,24)/t11-,12+,16?. The van der Waals surface area contributed by atoms with E-state index in [1.54, 1.807) is 0 Å². The van der Waals surface area contributed by atoms with Crippen LogP contribution >= 0.6 is 11.6 Å². The summed E-state index contributed by atoms with van der Waals surface area (Å²) in [7, 11) is 0. The molecule has 0 saturated carbocycles. The third-order valence-electron chi connectivity index (χ3n) is 5.33. The van der Waals surface area contributed by atoms with Gasteiger partial charge in [-0.15, -0.1) is 0 Å². The van der Waals surface area contributed by atoms with Crippen molar-refractivity contribution in [1.82, 2.24) is 15.5 Å². The molecule has 2 amide bonds. The van der Waals surface area contributed by atoms with Gasteiger partial charge in [-0.05, 0) is 23.8 Å². The van der Waals surface area contributed by atoms with E-state index in [9.17, 15) is 19.7 Å². The second-order valence-corrected chi connectivity index (χ2v) is 7.95. The highest BCUT2D eigenvalue weighted by molar-refractivity contribution is 6.34. The molecule has 146 valence electrons. The van der Waals surface area contributed by atoms with Gasteiger partial charge in [0, 0.05) is 38.3 Å². The van der Waals surface area contributed by atoms with E-state index < -0.39 is 16.9 Å². The number of carbonyl (C=O) groups excluding carboxylic acids is 2. The molecule has 27 heavy (non-hydrogen) atoms. The molecule has 0 aliphatic carbocycles. The molecule has 1 aromatic rings. The molecule has 0 spiro atoms. The lowest BCUT2D eigenvalue weighted by Gasteiger charge is -2.27. The minimum atomic E-state index is -0.671. The summed E-state index contributed by atoms with van der Waals surface area (Å²) in [5.74, 6) is 0.244. The molecule has 8 nitrogen and oxygen atoms in total. The number of amides is 2. The summed E-state index contributed by atoms with van der Waals surface area (Å²) in [6.07, 6.45) is 0. The Hall–Kier alpha value is -2.19.